The molecule has 8 heteroatoms. The summed E-state index contributed by atoms with van der Waals surface area (Å²) in [5.41, 5.74) is 3.09. The molecule has 0 radical (unpaired) electrons. The second-order valence-electron chi connectivity index (χ2n) is 12.2. The molecule has 0 saturated carbocycles. The van der Waals surface area contributed by atoms with Crippen LogP contribution in [0.4, 0.5) is 0 Å². The Hall–Kier alpha value is -2.53. The molecule has 0 amide bonds. The lowest BCUT2D eigenvalue weighted by Gasteiger charge is -2.17. The van der Waals surface area contributed by atoms with Crippen LogP contribution in [0.3, 0.4) is 0 Å². The molecule has 0 N–H and O–H groups in total. The molecule has 2 aromatic rings. The van der Waals surface area contributed by atoms with E-state index in [1.165, 1.54) is 0 Å². The number of hydrogen-bond donors (Lipinski definition) is 0. The van der Waals surface area contributed by atoms with Gasteiger partial charge in [0.2, 0.25) is 0 Å². The minimum atomic E-state index is -1.14. The van der Waals surface area contributed by atoms with Crippen LogP contribution in [-0.2, 0) is 15.9 Å². The zero-order valence-corrected chi connectivity index (χ0v) is 28.1. The number of ether oxygens (including phenoxy) is 6. The summed E-state index contributed by atoms with van der Waals surface area (Å²) in [5, 5.41) is 0. The molecule has 0 aliphatic carbocycles. The van der Waals surface area contributed by atoms with Crippen molar-refractivity contribution in [3.63, 3.8) is 0 Å². The fraction of sp³-hybridized carbons (Fsp3) is 0.500. The molecule has 0 unspecified atom stereocenters. The molecule has 2 rings (SSSR count). The monoisotopic (exact) mass is 586 g/mol. The lowest BCUT2D eigenvalue weighted by molar-refractivity contribution is 0.0205. The first-order valence-electron chi connectivity index (χ1n) is 14.0. The average molecular weight is 587 g/mol. The molecule has 0 spiro atoms. The quantitative estimate of drug-likeness (QED) is 0.0575. The first-order valence-corrected chi connectivity index (χ1v) is 21.5. The fourth-order valence-corrected chi connectivity index (χ4v) is 5.20. The number of allylic oxidation sites excluding steroid dienone is 2. The molecule has 0 bridgehead atoms. The summed E-state index contributed by atoms with van der Waals surface area (Å²) in [7, 11) is 1.07. The second-order valence-corrected chi connectivity index (χ2v) is 23.4. The van der Waals surface area contributed by atoms with Gasteiger partial charge >= 0.3 is 0 Å². The van der Waals surface area contributed by atoms with E-state index in [2.05, 4.69) is 57.5 Å². The summed E-state index contributed by atoms with van der Waals surface area (Å²) < 4.78 is 34.6. The van der Waals surface area contributed by atoms with Gasteiger partial charge in [-0.1, -0.05) is 69.7 Å². The van der Waals surface area contributed by atoms with Crippen molar-refractivity contribution < 1.29 is 28.4 Å². The molecule has 6 nitrogen and oxygen atoms in total. The van der Waals surface area contributed by atoms with Gasteiger partial charge in [0.1, 0.15) is 11.5 Å². The maximum Gasteiger partial charge on any atom is 0.189 e. The Balaban J connectivity index is 2.17. The molecule has 0 aliphatic heterocycles. The van der Waals surface area contributed by atoms with Gasteiger partial charge in [0.25, 0.3) is 0 Å². The predicted molar refractivity (Wildman–Crippen MR) is 173 cm³/mol. The van der Waals surface area contributed by atoms with Gasteiger partial charge in [-0.2, -0.15) is 0 Å². The summed E-state index contributed by atoms with van der Waals surface area (Å²) in [6.45, 7) is 17.9. The van der Waals surface area contributed by atoms with Crippen LogP contribution in [0.5, 0.6) is 23.0 Å². The summed E-state index contributed by atoms with van der Waals surface area (Å²) >= 11 is 0. The molecule has 0 fully saturated rings. The Morgan fingerprint density at radius 1 is 0.700 bits per heavy atom. The zero-order chi connectivity index (χ0) is 29.6. The smallest absolute Gasteiger partial charge is 0.189 e. The van der Waals surface area contributed by atoms with Gasteiger partial charge in [-0.15, -0.1) is 0 Å². The SMILES string of the molecule is C/C=C\Cc1c(/C=C/c2ccc(OCOCC[Si](C)(C)C)c(OC)c2)cc(OCOCC[Si](C)(C)C)cc1OC. The van der Waals surface area contributed by atoms with E-state index < -0.39 is 16.1 Å². The first kappa shape index (κ1) is 33.7. The van der Waals surface area contributed by atoms with E-state index in [4.69, 9.17) is 28.4 Å². The van der Waals surface area contributed by atoms with Crippen LogP contribution in [0.1, 0.15) is 23.6 Å². The van der Waals surface area contributed by atoms with Crippen molar-refractivity contribution in [3.05, 3.63) is 59.2 Å². The minimum absolute atomic E-state index is 0.207. The Morgan fingerprint density at radius 3 is 1.90 bits per heavy atom. The molecule has 0 aliphatic rings. The van der Waals surface area contributed by atoms with Crippen LogP contribution < -0.4 is 18.9 Å². The van der Waals surface area contributed by atoms with E-state index in [1.54, 1.807) is 14.2 Å². The van der Waals surface area contributed by atoms with Crippen molar-refractivity contribution in [2.75, 3.05) is 41.0 Å². The van der Waals surface area contributed by atoms with Gasteiger partial charge in [-0.05, 0) is 54.8 Å². The lowest BCUT2D eigenvalue weighted by Crippen LogP contribution is -2.22. The molecule has 40 heavy (non-hydrogen) atoms. The maximum atomic E-state index is 5.96. The third kappa shape index (κ3) is 12.8. The number of rotatable bonds is 18. The van der Waals surface area contributed by atoms with Crippen molar-refractivity contribution in [1.82, 2.24) is 0 Å². The van der Waals surface area contributed by atoms with Crippen LogP contribution in [0.15, 0.2) is 42.5 Å². The van der Waals surface area contributed by atoms with Crippen LogP contribution in [0.2, 0.25) is 51.4 Å². The van der Waals surface area contributed by atoms with Crippen LogP contribution in [-0.4, -0.2) is 57.2 Å². The first-order chi connectivity index (χ1) is 19.0. The molecule has 0 atom stereocenters. The Bertz CT molecular complexity index is 1100. The largest absolute Gasteiger partial charge is 0.496 e. The zero-order valence-electron chi connectivity index (χ0n) is 26.1. The van der Waals surface area contributed by atoms with Crippen LogP contribution in [0, 0.1) is 0 Å². The summed E-state index contributed by atoms with van der Waals surface area (Å²) in [6, 6.07) is 12.1. The molecule has 0 aromatic heterocycles. The van der Waals surface area contributed by atoms with Gasteiger partial charge < -0.3 is 28.4 Å². The Kier molecular flexibility index (Phi) is 14.0. The second kappa shape index (κ2) is 16.7. The fourth-order valence-electron chi connectivity index (χ4n) is 3.69. The lowest BCUT2D eigenvalue weighted by atomic mass is 10.0. The highest BCUT2D eigenvalue weighted by atomic mass is 28.3. The summed E-state index contributed by atoms with van der Waals surface area (Å²) in [4.78, 5) is 0. The summed E-state index contributed by atoms with van der Waals surface area (Å²) in [5.74, 6) is 2.82. The number of methoxy groups -OCH3 is 2. The Labute approximate surface area is 244 Å². The predicted octanol–water partition coefficient (Wildman–Crippen LogP) is 8.38. The third-order valence-corrected chi connectivity index (χ3v) is 9.65. The summed E-state index contributed by atoms with van der Waals surface area (Å²) in [6.07, 6.45) is 9.05. The molecule has 0 saturated heterocycles. The highest BCUT2D eigenvalue weighted by Crippen LogP contribution is 2.33. The van der Waals surface area contributed by atoms with Crippen molar-refractivity contribution in [2.45, 2.75) is 64.7 Å². The van der Waals surface area contributed by atoms with E-state index in [-0.39, 0.29) is 13.6 Å². The maximum absolute atomic E-state index is 5.96. The van der Waals surface area contributed by atoms with Gasteiger partial charge in [0.15, 0.2) is 25.1 Å². The van der Waals surface area contributed by atoms with E-state index in [0.29, 0.717) is 30.5 Å². The molecule has 0 heterocycles. The van der Waals surface area contributed by atoms with Crippen molar-refractivity contribution >= 4 is 28.3 Å². The van der Waals surface area contributed by atoms with Gasteiger partial charge in [-0.25, -0.2) is 0 Å². The topological polar surface area (TPSA) is 55.4 Å². The van der Waals surface area contributed by atoms with Crippen LogP contribution in [0.25, 0.3) is 12.2 Å². The average Bonchev–Trinajstić information content (AvgIpc) is 2.89. The van der Waals surface area contributed by atoms with Gasteiger partial charge in [0, 0.05) is 41.0 Å². The normalized spacial score (nSPS) is 12.3. The Morgan fingerprint density at radius 2 is 1.32 bits per heavy atom. The number of benzene rings is 2. The van der Waals surface area contributed by atoms with Gasteiger partial charge in [0.05, 0.1) is 14.2 Å². The van der Waals surface area contributed by atoms with E-state index in [0.717, 1.165) is 40.9 Å². The molecular formula is C32H50O6Si2. The molecule has 222 valence electrons. The van der Waals surface area contributed by atoms with E-state index in [1.807, 2.05) is 43.3 Å². The van der Waals surface area contributed by atoms with Crippen molar-refractivity contribution in [3.8, 4) is 23.0 Å². The highest BCUT2D eigenvalue weighted by molar-refractivity contribution is 6.76. The highest BCUT2D eigenvalue weighted by Gasteiger charge is 2.14. The van der Waals surface area contributed by atoms with Crippen molar-refractivity contribution in [2.24, 2.45) is 0 Å². The van der Waals surface area contributed by atoms with Gasteiger partial charge in [-0.3, -0.25) is 0 Å². The van der Waals surface area contributed by atoms with Crippen molar-refractivity contribution in [1.29, 1.82) is 0 Å². The number of hydrogen-bond acceptors (Lipinski definition) is 6. The van der Waals surface area contributed by atoms with Crippen LogP contribution >= 0.6 is 0 Å². The third-order valence-electron chi connectivity index (χ3n) is 6.24. The molecular weight excluding hydrogens is 537 g/mol. The van der Waals surface area contributed by atoms with E-state index >= 15 is 0 Å². The minimum Gasteiger partial charge on any atom is -0.496 e. The standard InChI is InChI=1S/C32H50O6Si2/c1-10-11-12-29-27(22-28(23-31(29)33-2)37-24-35-17-19-39(4,5)6)15-13-26-14-16-30(32(21-26)34-3)38-25-36-18-20-40(7,8)9/h10-11,13-16,21-23H,12,17-20,24-25H2,1-9H3/b11-10-,15-13+. The molecule has 2 aromatic carbocycles. The van der Waals surface area contributed by atoms with E-state index in [9.17, 15) is 0 Å².